The van der Waals surface area contributed by atoms with Gasteiger partial charge in [-0.15, -0.1) is 0 Å². The Kier molecular flexibility index (Phi) is 6.33. The number of ketones is 1. The van der Waals surface area contributed by atoms with Gasteiger partial charge in [-0.05, 0) is 84.4 Å². The van der Waals surface area contributed by atoms with Gasteiger partial charge in [-0.2, -0.15) is 26.3 Å². The van der Waals surface area contributed by atoms with Crippen LogP contribution in [0.3, 0.4) is 0 Å². The standard InChI is InChI=1S/C25H25F6NO/c26-24(27,28)20-6-8-22(25(29,30)31)16(13-20)5-7-21(33)10-14-1-2-15-11-17-3-4-18(23(17)32)12-19(15)9-14/h1-2,6,8-9,13,17-18,23H,3-5,7,10-12,32H2. The normalized spacial score (nSPS) is 22.7. The van der Waals surface area contributed by atoms with Crippen LogP contribution in [0, 0.1) is 11.8 Å². The van der Waals surface area contributed by atoms with E-state index in [0.29, 0.717) is 30.0 Å². The van der Waals surface area contributed by atoms with Gasteiger partial charge in [-0.1, -0.05) is 18.2 Å². The van der Waals surface area contributed by atoms with Crippen molar-refractivity contribution in [1.29, 1.82) is 0 Å². The zero-order valence-corrected chi connectivity index (χ0v) is 17.9. The summed E-state index contributed by atoms with van der Waals surface area (Å²) in [5.41, 5.74) is 6.71. The number of carbonyl (C=O) groups is 1. The molecule has 2 aliphatic carbocycles. The average Bonchev–Trinajstić information content (AvgIpc) is 2.97. The predicted molar refractivity (Wildman–Crippen MR) is 112 cm³/mol. The predicted octanol–water partition coefficient (Wildman–Crippen LogP) is 5.92. The molecule has 2 bridgehead atoms. The van der Waals surface area contributed by atoms with E-state index in [4.69, 9.17) is 5.73 Å². The minimum absolute atomic E-state index is 0.0355. The van der Waals surface area contributed by atoms with E-state index in [-0.39, 0.29) is 24.7 Å². The summed E-state index contributed by atoms with van der Waals surface area (Å²) in [6, 6.07) is 7.36. The molecule has 2 aromatic carbocycles. The first kappa shape index (κ1) is 23.8. The van der Waals surface area contributed by atoms with E-state index < -0.39 is 35.5 Å². The molecule has 1 saturated carbocycles. The maximum Gasteiger partial charge on any atom is 0.416 e. The highest BCUT2D eigenvalue weighted by Gasteiger charge is 2.38. The second-order valence-electron chi connectivity index (χ2n) is 9.27. The number of fused-ring (bicyclic) bond motifs is 3. The lowest BCUT2D eigenvalue weighted by Crippen LogP contribution is -2.31. The molecule has 0 saturated heterocycles. The second-order valence-corrected chi connectivity index (χ2v) is 9.27. The van der Waals surface area contributed by atoms with Crippen molar-refractivity contribution < 1.29 is 31.1 Å². The van der Waals surface area contributed by atoms with Crippen LogP contribution in [0.25, 0.3) is 0 Å². The van der Waals surface area contributed by atoms with Gasteiger partial charge in [-0.3, -0.25) is 4.79 Å². The number of hydrogen-bond acceptors (Lipinski definition) is 2. The molecule has 4 rings (SSSR count). The second kappa shape index (κ2) is 8.78. The van der Waals surface area contributed by atoms with Gasteiger partial charge in [0.15, 0.2) is 0 Å². The number of hydrogen-bond donors (Lipinski definition) is 1. The molecule has 2 nitrogen and oxygen atoms in total. The molecule has 3 atom stereocenters. The lowest BCUT2D eigenvalue weighted by atomic mass is 9.90. The molecule has 2 N–H and O–H groups in total. The molecule has 0 radical (unpaired) electrons. The number of carbonyl (C=O) groups excluding carboxylic acids is 1. The summed E-state index contributed by atoms with van der Waals surface area (Å²) in [6.45, 7) is 0. The number of benzene rings is 2. The highest BCUT2D eigenvalue weighted by atomic mass is 19.4. The number of halogens is 6. The molecular formula is C25H25F6NO. The largest absolute Gasteiger partial charge is 0.416 e. The van der Waals surface area contributed by atoms with Crippen LogP contribution in [0.1, 0.15) is 52.6 Å². The highest BCUT2D eigenvalue weighted by Crippen LogP contribution is 2.39. The molecule has 2 aliphatic rings. The lowest BCUT2D eigenvalue weighted by Gasteiger charge is -2.16. The Morgan fingerprint density at radius 2 is 1.55 bits per heavy atom. The summed E-state index contributed by atoms with van der Waals surface area (Å²) in [5.74, 6) is 0.579. The molecule has 2 aromatic rings. The Morgan fingerprint density at radius 3 is 2.18 bits per heavy atom. The summed E-state index contributed by atoms with van der Waals surface area (Å²) in [6.07, 6.45) is -6.20. The Labute approximate surface area is 188 Å². The summed E-state index contributed by atoms with van der Waals surface area (Å²) >= 11 is 0. The first-order chi connectivity index (χ1) is 15.4. The smallest absolute Gasteiger partial charge is 0.327 e. The van der Waals surface area contributed by atoms with Gasteiger partial charge >= 0.3 is 12.4 Å². The molecule has 1 fully saturated rings. The summed E-state index contributed by atoms with van der Waals surface area (Å²) in [7, 11) is 0. The van der Waals surface area contributed by atoms with Crippen LogP contribution in [0.4, 0.5) is 26.3 Å². The van der Waals surface area contributed by atoms with Crippen molar-refractivity contribution >= 4 is 5.78 Å². The third-order valence-corrected chi connectivity index (χ3v) is 7.04. The number of Topliss-reactive ketones (excluding diaryl/α,β-unsaturated/α-hetero) is 1. The van der Waals surface area contributed by atoms with Crippen molar-refractivity contribution in [2.24, 2.45) is 17.6 Å². The fourth-order valence-corrected chi connectivity index (χ4v) is 5.26. The van der Waals surface area contributed by atoms with Crippen molar-refractivity contribution in [3.05, 3.63) is 69.8 Å². The number of nitrogens with two attached hydrogens (primary N) is 1. The van der Waals surface area contributed by atoms with E-state index in [1.165, 1.54) is 11.1 Å². The Balaban J connectivity index is 1.46. The van der Waals surface area contributed by atoms with Gasteiger partial charge in [0, 0.05) is 18.9 Å². The fourth-order valence-electron chi connectivity index (χ4n) is 5.26. The van der Waals surface area contributed by atoms with E-state index in [0.717, 1.165) is 31.2 Å². The highest BCUT2D eigenvalue weighted by molar-refractivity contribution is 5.81. The van der Waals surface area contributed by atoms with E-state index >= 15 is 0 Å². The van der Waals surface area contributed by atoms with E-state index in [1.807, 2.05) is 18.2 Å². The van der Waals surface area contributed by atoms with Crippen LogP contribution in [-0.4, -0.2) is 11.8 Å². The summed E-state index contributed by atoms with van der Waals surface area (Å²) in [4.78, 5) is 12.5. The molecule has 8 heteroatoms. The van der Waals surface area contributed by atoms with Crippen LogP contribution in [-0.2, 0) is 42.8 Å². The monoisotopic (exact) mass is 469 g/mol. The fraction of sp³-hybridized carbons (Fsp3) is 0.480. The minimum Gasteiger partial charge on any atom is -0.327 e. The van der Waals surface area contributed by atoms with E-state index in [2.05, 4.69) is 0 Å². The zero-order chi connectivity index (χ0) is 24.0. The molecule has 0 amide bonds. The van der Waals surface area contributed by atoms with E-state index in [9.17, 15) is 31.1 Å². The molecule has 3 unspecified atom stereocenters. The van der Waals surface area contributed by atoms with Crippen LogP contribution < -0.4 is 5.73 Å². The quantitative estimate of drug-likeness (QED) is 0.553. The third-order valence-electron chi connectivity index (χ3n) is 7.04. The van der Waals surface area contributed by atoms with Crippen LogP contribution >= 0.6 is 0 Å². The summed E-state index contributed by atoms with van der Waals surface area (Å²) in [5, 5.41) is 0. The maximum atomic E-state index is 13.3. The Morgan fingerprint density at radius 1 is 0.879 bits per heavy atom. The molecule has 33 heavy (non-hydrogen) atoms. The maximum absolute atomic E-state index is 13.3. The van der Waals surface area contributed by atoms with Crippen molar-refractivity contribution in [3.8, 4) is 0 Å². The van der Waals surface area contributed by atoms with Crippen LogP contribution in [0.2, 0.25) is 0 Å². The molecule has 0 heterocycles. The topological polar surface area (TPSA) is 43.1 Å². The summed E-state index contributed by atoms with van der Waals surface area (Å²) < 4.78 is 78.7. The first-order valence-corrected chi connectivity index (χ1v) is 11.1. The van der Waals surface area contributed by atoms with Crippen LogP contribution in [0.15, 0.2) is 36.4 Å². The molecule has 178 valence electrons. The number of alkyl halides is 6. The van der Waals surface area contributed by atoms with Crippen LogP contribution in [0.5, 0.6) is 0 Å². The average molecular weight is 469 g/mol. The Hall–Kier alpha value is -2.35. The van der Waals surface area contributed by atoms with Crippen molar-refractivity contribution in [1.82, 2.24) is 0 Å². The number of aryl methyl sites for hydroxylation is 1. The molecular weight excluding hydrogens is 444 g/mol. The first-order valence-electron chi connectivity index (χ1n) is 11.1. The molecule has 0 spiro atoms. The van der Waals surface area contributed by atoms with Gasteiger partial charge < -0.3 is 5.73 Å². The zero-order valence-electron chi connectivity index (χ0n) is 17.9. The SMILES string of the molecule is NC1C2CCC1Cc1cc(CC(=O)CCc3cc(C(F)(F)F)ccc3C(F)(F)F)ccc1C2. The van der Waals surface area contributed by atoms with Gasteiger partial charge in [0.1, 0.15) is 5.78 Å². The Bertz CT molecular complexity index is 1040. The van der Waals surface area contributed by atoms with Gasteiger partial charge in [0.05, 0.1) is 11.1 Å². The van der Waals surface area contributed by atoms with Gasteiger partial charge in [0.25, 0.3) is 0 Å². The van der Waals surface area contributed by atoms with Crippen molar-refractivity contribution in [2.75, 3.05) is 0 Å². The van der Waals surface area contributed by atoms with Crippen molar-refractivity contribution in [2.45, 2.75) is 63.3 Å². The van der Waals surface area contributed by atoms with E-state index in [1.54, 1.807) is 0 Å². The minimum atomic E-state index is -4.79. The van der Waals surface area contributed by atoms with Crippen molar-refractivity contribution in [3.63, 3.8) is 0 Å². The molecule has 0 aromatic heterocycles. The number of rotatable bonds is 5. The van der Waals surface area contributed by atoms with Gasteiger partial charge in [-0.25, -0.2) is 0 Å². The third kappa shape index (κ3) is 5.26. The lowest BCUT2D eigenvalue weighted by molar-refractivity contribution is -0.141. The van der Waals surface area contributed by atoms with Gasteiger partial charge in [0.2, 0.25) is 0 Å². The molecule has 0 aliphatic heterocycles.